The number of nitrogens with one attached hydrogen (secondary N) is 1. The summed E-state index contributed by atoms with van der Waals surface area (Å²) in [4.78, 5) is 22.6. The molecule has 3 aromatic heterocycles. The molecule has 2 fully saturated rings. The zero-order valence-electron chi connectivity index (χ0n) is 25.8. The molecule has 2 aliphatic rings. The van der Waals surface area contributed by atoms with E-state index in [1.807, 2.05) is 19.9 Å². The molecule has 0 amide bonds. The molecule has 0 atom stereocenters. The Balaban J connectivity index is 1.07. The molecule has 0 spiro atoms. The van der Waals surface area contributed by atoms with Gasteiger partial charge >= 0.3 is 0 Å². The van der Waals surface area contributed by atoms with Crippen LogP contribution in [0.5, 0.6) is 0 Å². The van der Waals surface area contributed by atoms with Gasteiger partial charge in [-0.25, -0.2) is 19.6 Å². The van der Waals surface area contributed by atoms with Crippen molar-refractivity contribution in [1.29, 1.82) is 0 Å². The van der Waals surface area contributed by atoms with Crippen LogP contribution in [0.3, 0.4) is 0 Å². The first-order valence-corrected chi connectivity index (χ1v) is 16.0. The van der Waals surface area contributed by atoms with Gasteiger partial charge in [0.1, 0.15) is 23.7 Å². The number of fused-ring (bicyclic) bond motifs is 2. The minimum absolute atomic E-state index is 0.275. The molecule has 1 saturated heterocycles. The van der Waals surface area contributed by atoms with Crippen molar-refractivity contribution >= 4 is 27.9 Å². The Morgan fingerprint density at radius 1 is 0.955 bits per heavy atom. The zero-order valence-corrected chi connectivity index (χ0v) is 25.8. The topological polar surface area (TPSA) is 125 Å². The van der Waals surface area contributed by atoms with E-state index in [9.17, 15) is 5.11 Å². The van der Waals surface area contributed by atoms with Crippen LogP contribution in [-0.4, -0.2) is 89.0 Å². The van der Waals surface area contributed by atoms with Crippen LogP contribution in [0.4, 0.5) is 5.82 Å². The molecule has 0 unspecified atom stereocenters. The predicted molar refractivity (Wildman–Crippen MR) is 174 cm³/mol. The Hall–Kier alpha value is -3.86. The summed E-state index contributed by atoms with van der Waals surface area (Å²) in [6.45, 7) is 9.11. The van der Waals surface area contributed by atoms with Gasteiger partial charge in [-0.3, -0.25) is 4.90 Å². The van der Waals surface area contributed by atoms with Gasteiger partial charge in [-0.05, 0) is 63.6 Å². The predicted octanol–water partition coefficient (Wildman–Crippen LogP) is 4.80. The van der Waals surface area contributed by atoms with Crippen LogP contribution >= 0.6 is 0 Å². The van der Waals surface area contributed by atoms with Crippen LogP contribution in [0.15, 0.2) is 54.9 Å². The summed E-state index contributed by atoms with van der Waals surface area (Å²) >= 11 is 0. The number of nitrogens with zero attached hydrogens (tertiary/aromatic N) is 7. The normalized spacial score (nSPS) is 20.5. The fraction of sp³-hybridized carbons (Fsp3) is 0.471. The van der Waals surface area contributed by atoms with E-state index in [-0.39, 0.29) is 6.04 Å². The molecule has 2 aromatic carbocycles. The molecule has 1 saturated carbocycles. The van der Waals surface area contributed by atoms with Gasteiger partial charge < -0.3 is 20.7 Å². The fourth-order valence-corrected chi connectivity index (χ4v) is 6.98. The molecule has 10 nitrogen and oxygen atoms in total. The van der Waals surface area contributed by atoms with Gasteiger partial charge in [-0.2, -0.15) is 5.10 Å². The Kier molecular flexibility index (Phi) is 7.82. The van der Waals surface area contributed by atoms with Crippen molar-refractivity contribution in [2.45, 2.75) is 70.1 Å². The van der Waals surface area contributed by atoms with Crippen molar-refractivity contribution in [3.63, 3.8) is 0 Å². The monoisotopic (exact) mass is 593 g/mol. The van der Waals surface area contributed by atoms with Gasteiger partial charge in [-0.15, -0.1) is 0 Å². The molecule has 4 heterocycles. The molecule has 1 aliphatic carbocycles. The summed E-state index contributed by atoms with van der Waals surface area (Å²) in [5.41, 5.74) is 11.6. The largest absolute Gasteiger partial charge is 0.390 e. The lowest BCUT2D eigenvalue weighted by molar-refractivity contribution is 0.0356. The lowest BCUT2D eigenvalue weighted by atomic mass is 9.90. The minimum Gasteiger partial charge on any atom is -0.390 e. The summed E-state index contributed by atoms with van der Waals surface area (Å²) in [6.07, 6.45) is 7.54. The minimum atomic E-state index is -0.598. The molecule has 7 rings (SSSR count). The van der Waals surface area contributed by atoms with Gasteiger partial charge in [-0.1, -0.05) is 36.4 Å². The van der Waals surface area contributed by atoms with E-state index >= 15 is 0 Å². The van der Waals surface area contributed by atoms with Crippen molar-refractivity contribution in [3.8, 4) is 11.3 Å². The van der Waals surface area contributed by atoms with Gasteiger partial charge in [0.15, 0.2) is 5.65 Å². The van der Waals surface area contributed by atoms with Crippen LogP contribution in [0.25, 0.3) is 33.3 Å². The molecule has 0 bridgehead atoms. The molecular weight excluding hydrogens is 550 g/mol. The van der Waals surface area contributed by atoms with Crippen LogP contribution in [0.1, 0.15) is 63.4 Å². The molecule has 5 aromatic rings. The number of hydrogen-bond donors (Lipinski definition) is 3. The Bertz CT molecular complexity index is 1720. The summed E-state index contributed by atoms with van der Waals surface area (Å²) in [5.74, 6) is 1.40. The fourth-order valence-electron chi connectivity index (χ4n) is 6.98. The van der Waals surface area contributed by atoms with Crippen molar-refractivity contribution in [3.05, 3.63) is 66.2 Å². The standard InChI is InChI=1S/C34H43N9O/c1-34(2,44)14-15-41-16-18-42(19-17-41)25-9-11-26(12-10-25)43-33-30(32(35)36-22-37-33)31(40-43)24-8-13-27-28(21-24)39-29(38-27)20-23-6-4-3-5-7-23/h3-8,13,21-22,25-26,44H,9-12,14-20H2,1-2H3,(H,38,39)(H2,35,36,37)/t25-,26+. The number of piperazine rings is 1. The molecule has 44 heavy (non-hydrogen) atoms. The Labute approximate surface area is 258 Å². The second-order valence-electron chi connectivity index (χ2n) is 13.2. The third-order valence-electron chi connectivity index (χ3n) is 9.51. The molecule has 10 heteroatoms. The van der Waals surface area contributed by atoms with Crippen molar-refractivity contribution in [2.24, 2.45) is 0 Å². The summed E-state index contributed by atoms with van der Waals surface area (Å²) < 4.78 is 2.11. The van der Waals surface area contributed by atoms with Gasteiger partial charge in [0, 0.05) is 50.7 Å². The number of rotatable bonds is 8. The number of aliphatic hydroxyl groups is 1. The van der Waals surface area contributed by atoms with Crippen LogP contribution < -0.4 is 5.73 Å². The lowest BCUT2D eigenvalue weighted by Gasteiger charge is -2.42. The highest BCUT2D eigenvalue weighted by atomic mass is 16.3. The second-order valence-corrected chi connectivity index (χ2v) is 13.2. The van der Waals surface area contributed by atoms with Crippen molar-refractivity contribution < 1.29 is 5.11 Å². The number of nitrogens with two attached hydrogens (primary N) is 1. The summed E-state index contributed by atoms with van der Waals surface area (Å²) in [5, 5.41) is 16.1. The number of imidazole rings is 1. The Morgan fingerprint density at radius 3 is 2.45 bits per heavy atom. The summed E-state index contributed by atoms with van der Waals surface area (Å²) in [6, 6.07) is 17.5. The number of aromatic amines is 1. The molecule has 4 N–H and O–H groups in total. The molecule has 1 aliphatic heterocycles. The maximum Gasteiger partial charge on any atom is 0.164 e. The maximum atomic E-state index is 10.1. The number of H-pyrrole nitrogens is 1. The van der Waals surface area contributed by atoms with Gasteiger partial charge in [0.25, 0.3) is 0 Å². The van der Waals surface area contributed by atoms with E-state index in [0.717, 1.165) is 110 Å². The quantitative estimate of drug-likeness (QED) is 0.234. The number of anilines is 1. The van der Waals surface area contributed by atoms with E-state index in [1.54, 1.807) is 6.33 Å². The summed E-state index contributed by atoms with van der Waals surface area (Å²) in [7, 11) is 0. The van der Waals surface area contributed by atoms with E-state index in [1.165, 1.54) is 5.56 Å². The third kappa shape index (κ3) is 6.06. The van der Waals surface area contributed by atoms with Crippen molar-refractivity contribution in [1.82, 2.24) is 39.5 Å². The molecule has 230 valence electrons. The lowest BCUT2D eigenvalue weighted by Crippen LogP contribution is -2.51. The third-order valence-corrected chi connectivity index (χ3v) is 9.51. The SMILES string of the molecule is CC(C)(O)CCN1CCN([C@H]2CC[C@@H](n3nc(-c4ccc5[nH]c(Cc6ccccc6)nc5c4)c4c(N)ncnc43)CC2)CC1. The van der Waals surface area contributed by atoms with Crippen LogP contribution in [0.2, 0.25) is 0 Å². The van der Waals surface area contributed by atoms with Crippen LogP contribution in [-0.2, 0) is 6.42 Å². The average molecular weight is 594 g/mol. The van der Waals surface area contributed by atoms with E-state index in [2.05, 4.69) is 71.9 Å². The highest BCUT2D eigenvalue weighted by Gasteiger charge is 2.31. The first kappa shape index (κ1) is 28.9. The van der Waals surface area contributed by atoms with E-state index in [4.69, 9.17) is 15.8 Å². The van der Waals surface area contributed by atoms with E-state index in [0.29, 0.717) is 11.9 Å². The second kappa shape index (κ2) is 11.9. The first-order valence-electron chi connectivity index (χ1n) is 16.0. The average Bonchev–Trinajstić information content (AvgIpc) is 3.62. The van der Waals surface area contributed by atoms with Gasteiger partial charge in [0.05, 0.1) is 28.1 Å². The number of nitrogen functional groups attached to an aromatic ring is 1. The molecule has 0 radical (unpaired) electrons. The highest BCUT2D eigenvalue weighted by molar-refractivity contribution is 5.99. The number of hydrogen-bond acceptors (Lipinski definition) is 8. The van der Waals surface area contributed by atoms with E-state index < -0.39 is 5.60 Å². The highest BCUT2D eigenvalue weighted by Crippen LogP contribution is 2.37. The zero-order chi connectivity index (χ0) is 30.3. The number of benzene rings is 2. The van der Waals surface area contributed by atoms with Gasteiger partial charge in [0.2, 0.25) is 0 Å². The first-order chi connectivity index (χ1) is 21.3. The smallest absolute Gasteiger partial charge is 0.164 e. The van der Waals surface area contributed by atoms with Crippen LogP contribution in [0, 0.1) is 0 Å². The maximum absolute atomic E-state index is 10.1. The number of aromatic nitrogens is 6. The Morgan fingerprint density at radius 2 is 1.70 bits per heavy atom. The van der Waals surface area contributed by atoms with Crippen molar-refractivity contribution in [2.75, 3.05) is 38.5 Å². The molecular formula is C34H43N9O.